The summed E-state index contributed by atoms with van der Waals surface area (Å²) >= 11 is 2.75. The van der Waals surface area contributed by atoms with Gasteiger partial charge in [-0.15, -0.1) is 22.7 Å². The number of pyridine rings is 2. The van der Waals surface area contributed by atoms with Gasteiger partial charge in [-0.1, -0.05) is 12.2 Å². The van der Waals surface area contributed by atoms with Crippen LogP contribution in [0.1, 0.15) is 30.6 Å². The summed E-state index contributed by atoms with van der Waals surface area (Å²) in [5.41, 5.74) is 2.54. The molecule has 2 N–H and O–H groups in total. The van der Waals surface area contributed by atoms with E-state index in [1.807, 2.05) is 60.7 Å². The Kier molecular flexibility index (Phi) is 8.90. The van der Waals surface area contributed by atoms with Crippen molar-refractivity contribution < 1.29 is 19.8 Å². The first-order valence-corrected chi connectivity index (χ1v) is 13.1. The molecule has 4 rings (SSSR count). The summed E-state index contributed by atoms with van der Waals surface area (Å²) in [5.74, 6) is -2.51. The van der Waals surface area contributed by atoms with E-state index in [1.165, 1.54) is 34.8 Å². The Labute approximate surface area is 237 Å². The van der Waals surface area contributed by atoms with E-state index in [9.17, 15) is 9.59 Å². The van der Waals surface area contributed by atoms with E-state index >= 15 is 0 Å². The highest BCUT2D eigenvalue weighted by molar-refractivity contribution is 7.14. The van der Waals surface area contributed by atoms with Gasteiger partial charge in [0, 0.05) is 31.9 Å². The number of rotatable bonds is 9. The summed E-state index contributed by atoms with van der Waals surface area (Å²) in [6.07, 6.45) is 13.8. The number of aromatic nitrogens is 2. The highest BCUT2D eigenvalue weighted by atomic mass is 32.1. The van der Waals surface area contributed by atoms with Gasteiger partial charge in [0.25, 0.3) is 5.70 Å². The SMILES string of the molecule is [C-]#[N+]/C(=C\c1ccc(/C=C/c2ccnc(-c3cc(/C=C/c4ccc(/C=C(/C#N)C(=O)O)s4)ccn3)c2)s1)C(=O)O. The molecular weight excluding hydrogens is 544 g/mol. The number of carbonyl (C=O) groups is 2. The Morgan fingerprint density at radius 1 is 0.775 bits per heavy atom. The molecule has 0 saturated carbocycles. The molecule has 4 aromatic rings. The molecule has 0 aliphatic carbocycles. The molecule has 8 nitrogen and oxygen atoms in total. The Bertz CT molecular complexity index is 1660. The lowest BCUT2D eigenvalue weighted by atomic mass is 10.1. The van der Waals surface area contributed by atoms with Gasteiger partial charge in [-0.05, 0) is 84.0 Å². The summed E-state index contributed by atoms with van der Waals surface area (Å²) in [7, 11) is 0. The van der Waals surface area contributed by atoms with Gasteiger partial charge in [-0.2, -0.15) is 5.26 Å². The number of carboxylic acid groups (broad SMARTS) is 2. The van der Waals surface area contributed by atoms with Crippen molar-refractivity contribution in [3.63, 3.8) is 0 Å². The van der Waals surface area contributed by atoms with Gasteiger partial charge in [0.15, 0.2) is 0 Å². The molecule has 0 bridgehead atoms. The van der Waals surface area contributed by atoms with Crippen LogP contribution in [0.3, 0.4) is 0 Å². The summed E-state index contributed by atoms with van der Waals surface area (Å²) < 4.78 is 0. The molecule has 4 heterocycles. The van der Waals surface area contributed by atoms with E-state index in [-0.39, 0.29) is 11.3 Å². The second-order valence-electron chi connectivity index (χ2n) is 8.02. The van der Waals surface area contributed by atoms with Crippen LogP contribution in [0.4, 0.5) is 0 Å². The molecule has 0 aliphatic heterocycles. The maximum atomic E-state index is 11.1. The number of hydrogen-bond acceptors (Lipinski definition) is 7. The minimum atomic E-state index is -1.26. The minimum absolute atomic E-state index is 0.316. The lowest BCUT2D eigenvalue weighted by Crippen LogP contribution is -1.96. The summed E-state index contributed by atoms with van der Waals surface area (Å²) in [6.45, 7) is 6.97. The van der Waals surface area contributed by atoms with Gasteiger partial charge in [0.2, 0.25) is 0 Å². The Balaban J connectivity index is 1.48. The third-order valence-corrected chi connectivity index (χ3v) is 7.26. The lowest BCUT2D eigenvalue weighted by molar-refractivity contribution is -0.133. The molecule has 194 valence electrons. The lowest BCUT2D eigenvalue weighted by Gasteiger charge is -2.03. The summed E-state index contributed by atoms with van der Waals surface area (Å²) in [5, 5.41) is 27.0. The molecule has 0 aromatic carbocycles. The largest absolute Gasteiger partial charge is 0.486 e. The molecule has 0 amide bonds. The third-order valence-electron chi connectivity index (χ3n) is 5.26. The maximum absolute atomic E-state index is 11.1. The fourth-order valence-corrected chi connectivity index (χ4v) is 5.08. The van der Waals surface area contributed by atoms with Crippen molar-refractivity contribution in [1.29, 1.82) is 5.26 Å². The molecule has 0 saturated heterocycles. The van der Waals surface area contributed by atoms with E-state index in [4.69, 9.17) is 22.0 Å². The summed E-state index contributed by atoms with van der Waals surface area (Å²) in [6, 6.07) is 16.5. The van der Waals surface area contributed by atoms with Crippen molar-refractivity contribution in [2.24, 2.45) is 0 Å². The smallest absolute Gasteiger partial charge is 0.346 e. The number of thiophene rings is 2. The van der Waals surface area contributed by atoms with E-state index in [0.717, 1.165) is 20.9 Å². The highest BCUT2D eigenvalue weighted by Crippen LogP contribution is 2.25. The topological polar surface area (TPSA) is 129 Å². The number of nitriles is 1. The minimum Gasteiger partial charge on any atom is -0.486 e. The van der Waals surface area contributed by atoms with Crippen LogP contribution in [-0.2, 0) is 9.59 Å². The average Bonchev–Trinajstić information content (AvgIpc) is 3.61. The third kappa shape index (κ3) is 7.33. The van der Waals surface area contributed by atoms with Gasteiger partial charge >= 0.3 is 11.9 Å². The molecule has 0 fully saturated rings. The van der Waals surface area contributed by atoms with Crippen LogP contribution < -0.4 is 0 Å². The predicted octanol–water partition coefficient (Wildman–Crippen LogP) is 6.94. The second-order valence-corrected chi connectivity index (χ2v) is 10.3. The Hall–Kier alpha value is -5.42. The van der Waals surface area contributed by atoms with E-state index < -0.39 is 11.9 Å². The normalized spacial score (nSPS) is 11.9. The van der Waals surface area contributed by atoms with Crippen molar-refractivity contribution in [3.05, 3.63) is 114 Å². The standard InChI is InChI=1S/C30H18N4O4S2/c1-32-28(30(37)38)17-25-9-7-23(40-25)5-3-20-11-13-34-27(15-20)26-14-19(10-12-33-26)2-4-22-6-8-24(39-22)16-21(18-31)29(35)36/h2-17H,(H,35,36)(H,37,38)/b4-2+,5-3+,21-16-,28-17-. The van der Waals surface area contributed by atoms with Crippen LogP contribution in [0.15, 0.2) is 72.2 Å². The van der Waals surface area contributed by atoms with Crippen LogP contribution >= 0.6 is 22.7 Å². The van der Waals surface area contributed by atoms with Crippen LogP contribution in [0, 0.1) is 17.9 Å². The van der Waals surface area contributed by atoms with Gasteiger partial charge in [-0.25, -0.2) is 9.64 Å². The number of nitrogens with zero attached hydrogens (tertiary/aromatic N) is 4. The molecule has 10 heteroatoms. The van der Waals surface area contributed by atoms with Crippen LogP contribution in [0.2, 0.25) is 0 Å². The fourth-order valence-electron chi connectivity index (χ4n) is 3.37. The zero-order chi connectivity index (χ0) is 28.5. The first-order chi connectivity index (χ1) is 19.3. The first kappa shape index (κ1) is 27.6. The molecule has 0 atom stereocenters. The van der Waals surface area contributed by atoms with Gasteiger partial charge in [0.05, 0.1) is 18.0 Å². The second kappa shape index (κ2) is 12.9. The Morgan fingerprint density at radius 2 is 1.27 bits per heavy atom. The quantitative estimate of drug-likeness (QED) is 0.128. The van der Waals surface area contributed by atoms with Crippen LogP contribution in [0.25, 0.3) is 52.7 Å². The average molecular weight is 563 g/mol. The fraction of sp³-hybridized carbons (Fsp3) is 0. The molecule has 4 aromatic heterocycles. The summed E-state index contributed by atoms with van der Waals surface area (Å²) in [4.78, 5) is 37.2. The zero-order valence-corrected chi connectivity index (χ0v) is 22.2. The first-order valence-electron chi connectivity index (χ1n) is 11.5. The van der Waals surface area contributed by atoms with Crippen molar-refractivity contribution >= 4 is 71.1 Å². The van der Waals surface area contributed by atoms with Gasteiger partial charge in [-0.3, -0.25) is 14.8 Å². The number of hydrogen-bond donors (Lipinski definition) is 2. The molecule has 0 radical (unpaired) electrons. The van der Waals surface area contributed by atoms with Crippen molar-refractivity contribution in [1.82, 2.24) is 9.97 Å². The van der Waals surface area contributed by atoms with Crippen molar-refractivity contribution in [2.75, 3.05) is 0 Å². The molecular formula is C30H18N4O4S2. The van der Waals surface area contributed by atoms with Crippen molar-refractivity contribution in [3.8, 4) is 17.5 Å². The molecule has 0 unspecified atom stereocenters. The Morgan fingerprint density at radius 3 is 1.73 bits per heavy atom. The highest BCUT2D eigenvalue weighted by Gasteiger charge is 2.08. The van der Waals surface area contributed by atoms with E-state index in [1.54, 1.807) is 30.6 Å². The van der Waals surface area contributed by atoms with Crippen LogP contribution in [0.5, 0.6) is 0 Å². The van der Waals surface area contributed by atoms with E-state index in [0.29, 0.717) is 21.1 Å². The number of carboxylic acids is 2. The molecule has 40 heavy (non-hydrogen) atoms. The molecule has 0 aliphatic rings. The predicted molar refractivity (Wildman–Crippen MR) is 157 cm³/mol. The monoisotopic (exact) mass is 562 g/mol. The molecule has 0 spiro atoms. The van der Waals surface area contributed by atoms with Crippen molar-refractivity contribution in [2.45, 2.75) is 0 Å². The van der Waals surface area contributed by atoms with E-state index in [2.05, 4.69) is 14.8 Å². The maximum Gasteiger partial charge on any atom is 0.346 e. The van der Waals surface area contributed by atoms with Crippen LogP contribution in [-0.4, -0.2) is 32.1 Å². The van der Waals surface area contributed by atoms with Gasteiger partial charge in [0.1, 0.15) is 11.6 Å². The zero-order valence-electron chi connectivity index (χ0n) is 20.6. The number of aliphatic carboxylic acids is 2. The van der Waals surface area contributed by atoms with Gasteiger partial charge < -0.3 is 10.2 Å².